The van der Waals surface area contributed by atoms with Crippen LogP contribution >= 0.6 is 0 Å². The number of rotatable bonds is 0. The molecule has 0 unspecified atom stereocenters. The first-order chi connectivity index (χ1) is 9.13. The average molecular weight is 256 g/mol. The Morgan fingerprint density at radius 2 is 1.95 bits per heavy atom. The third-order valence-electron chi connectivity index (χ3n) is 7.34. The summed E-state index contributed by atoms with van der Waals surface area (Å²) in [6.07, 6.45) is 19.2. The summed E-state index contributed by atoms with van der Waals surface area (Å²) in [6.45, 7) is 5.14. The van der Waals surface area contributed by atoms with E-state index in [1.165, 1.54) is 51.4 Å². The maximum absolute atomic E-state index is 2.67. The summed E-state index contributed by atoms with van der Waals surface area (Å²) in [5.41, 5.74) is 2.96. The second-order valence-electron chi connectivity index (χ2n) is 8.15. The minimum Gasteiger partial charge on any atom is -0.0877 e. The van der Waals surface area contributed by atoms with E-state index in [4.69, 9.17) is 0 Å². The zero-order valence-corrected chi connectivity index (χ0v) is 12.6. The van der Waals surface area contributed by atoms with Crippen molar-refractivity contribution in [1.29, 1.82) is 0 Å². The molecule has 2 saturated carbocycles. The van der Waals surface area contributed by atoms with Crippen LogP contribution in [0.2, 0.25) is 0 Å². The van der Waals surface area contributed by atoms with Gasteiger partial charge in [-0.15, -0.1) is 0 Å². The highest BCUT2D eigenvalue weighted by molar-refractivity contribution is 5.25. The molecule has 0 radical (unpaired) electrons. The molecule has 0 aromatic rings. The lowest BCUT2D eigenvalue weighted by Crippen LogP contribution is -2.48. The van der Waals surface area contributed by atoms with Crippen LogP contribution in [0.3, 0.4) is 0 Å². The van der Waals surface area contributed by atoms with Crippen LogP contribution in [0.15, 0.2) is 23.8 Å². The van der Waals surface area contributed by atoms with Crippen LogP contribution in [0.1, 0.15) is 65.2 Å². The number of hydrogen-bond acceptors (Lipinski definition) is 0. The Hall–Kier alpha value is -0.520. The SMILES string of the molecule is C[C@@]12C=CC[C@H]1[C@@H]1CC=C3CCCC[C@]3(C)[C@@H]1CC2. The molecule has 0 aliphatic heterocycles. The Bertz CT molecular complexity index is 443. The van der Waals surface area contributed by atoms with Crippen molar-refractivity contribution in [2.24, 2.45) is 28.6 Å². The van der Waals surface area contributed by atoms with Gasteiger partial charge in [0.15, 0.2) is 0 Å². The molecule has 0 saturated heterocycles. The van der Waals surface area contributed by atoms with E-state index < -0.39 is 0 Å². The molecule has 0 heterocycles. The quantitative estimate of drug-likeness (QED) is 0.502. The van der Waals surface area contributed by atoms with E-state index in [0.29, 0.717) is 10.8 Å². The first-order valence-corrected chi connectivity index (χ1v) is 8.51. The van der Waals surface area contributed by atoms with Gasteiger partial charge in [-0.3, -0.25) is 0 Å². The van der Waals surface area contributed by atoms with Crippen molar-refractivity contribution < 1.29 is 0 Å². The summed E-state index contributed by atoms with van der Waals surface area (Å²) >= 11 is 0. The van der Waals surface area contributed by atoms with E-state index in [9.17, 15) is 0 Å². The average Bonchev–Trinajstić information content (AvgIpc) is 2.79. The minimum atomic E-state index is 0.539. The number of hydrogen-bond donors (Lipinski definition) is 0. The highest BCUT2D eigenvalue weighted by atomic mass is 14.6. The van der Waals surface area contributed by atoms with E-state index in [1.807, 2.05) is 5.57 Å². The molecule has 0 spiro atoms. The van der Waals surface area contributed by atoms with E-state index in [0.717, 1.165) is 17.8 Å². The second kappa shape index (κ2) is 3.99. The van der Waals surface area contributed by atoms with E-state index in [2.05, 4.69) is 32.1 Å². The molecule has 0 nitrogen and oxygen atoms in total. The van der Waals surface area contributed by atoms with Crippen molar-refractivity contribution in [3.63, 3.8) is 0 Å². The fourth-order valence-corrected chi connectivity index (χ4v) is 6.18. The maximum Gasteiger partial charge on any atom is -0.00853 e. The molecule has 4 aliphatic rings. The van der Waals surface area contributed by atoms with Gasteiger partial charge >= 0.3 is 0 Å². The Labute approximate surface area is 118 Å². The summed E-state index contributed by atoms with van der Waals surface area (Å²) in [6, 6.07) is 0. The monoisotopic (exact) mass is 256 g/mol. The minimum absolute atomic E-state index is 0.539. The summed E-state index contributed by atoms with van der Waals surface area (Å²) in [5, 5.41) is 0. The number of fused-ring (bicyclic) bond motifs is 5. The van der Waals surface area contributed by atoms with E-state index >= 15 is 0 Å². The molecular weight excluding hydrogens is 228 g/mol. The first kappa shape index (κ1) is 12.2. The lowest BCUT2D eigenvalue weighted by Gasteiger charge is -2.56. The van der Waals surface area contributed by atoms with Gasteiger partial charge in [-0.25, -0.2) is 0 Å². The topological polar surface area (TPSA) is 0 Å². The van der Waals surface area contributed by atoms with Gasteiger partial charge in [-0.1, -0.05) is 44.1 Å². The zero-order chi connectivity index (χ0) is 13.1. The molecule has 0 amide bonds. The molecule has 104 valence electrons. The highest BCUT2D eigenvalue weighted by Crippen LogP contribution is 2.63. The second-order valence-corrected chi connectivity index (χ2v) is 8.15. The van der Waals surface area contributed by atoms with Gasteiger partial charge in [0.2, 0.25) is 0 Å². The third kappa shape index (κ3) is 1.58. The first-order valence-electron chi connectivity index (χ1n) is 8.51. The Morgan fingerprint density at radius 1 is 1.05 bits per heavy atom. The van der Waals surface area contributed by atoms with Gasteiger partial charge in [-0.2, -0.15) is 0 Å². The highest BCUT2D eigenvalue weighted by Gasteiger charge is 2.53. The molecule has 0 heteroatoms. The predicted octanol–water partition coefficient (Wildman–Crippen LogP) is 5.51. The molecular formula is C19H28. The fraction of sp³-hybridized carbons (Fsp3) is 0.789. The van der Waals surface area contributed by atoms with Crippen LogP contribution in [0.4, 0.5) is 0 Å². The van der Waals surface area contributed by atoms with Crippen molar-refractivity contribution in [1.82, 2.24) is 0 Å². The maximum atomic E-state index is 2.67. The fourth-order valence-electron chi connectivity index (χ4n) is 6.18. The molecule has 0 N–H and O–H groups in total. The van der Waals surface area contributed by atoms with Gasteiger partial charge in [0.05, 0.1) is 0 Å². The molecule has 19 heavy (non-hydrogen) atoms. The smallest absolute Gasteiger partial charge is 0.00853 e. The van der Waals surface area contributed by atoms with Gasteiger partial charge in [0.25, 0.3) is 0 Å². The van der Waals surface area contributed by atoms with Crippen molar-refractivity contribution >= 4 is 0 Å². The standard InChI is InChI=1S/C19H28/c1-18-11-5-7-16(18)15-9-8-14-6-3-4-12-19(14,2)17(15)10-13-18/h5,8,11,15-17H,3-4,6-7,9-10,12-13H2,1-2H3/t15-,16-,17+,18-,19-/m0/s1. The van der Waals surface area contributed by atoms with Gasteiger partial charge in [0.1, 0.15) is 0 Å². The zero-order valence-electron chi connectivity index (χ0n) is 12.6. The largest absolute Gasteiger partial charge is 0.0877 e. The van der Waals surface area contributed by atoms with Crippen LogP contribution in [0.25, 0.3) is 0 Å². The third-order valence-corrected chi connectivity index (χ3v) is 7.34. The molecule has 0 aromatic carbocycles. The van der Waals surface area contributed by atoms with Crippen LogP contribution in [-0.4, -0.2) is 0 Å². The number of allylic oxidation sites excluding steroid dienone is 4. The lowest BCUT2D eigenvalue weighted by atomic mass is 9.48. The molecule has 0 bridgehead atoms. The van der Waals surface area contributed by atoms with Crippen LogP contribution < -0.4 is 0 Å². The lowest BCUT2D eigenvalue weighted by molar-refractivity contribution is -0.0130. The Balaban J connectivity index is 1.71. The summed E-state index contributed by atoms with van der Waals surface area (Å²) in [5.74, 6) is 2.91. The Kier molecular flexibility index (Phi) is 2.57. The van der Waals surface area contributed by atoms with Crippen LogP contribution in [0, 0.1) is 28.6 Å². The molecule has 0 aromatic heterocycles. The van der Waals surface area contributed by atoms with E-state index in [1.54, 1.807) is 0 Å². The van der Waals surface area contributed by atoms with Crippen molar-refractivity contribution in [3.05, 3.63) is 23.8 Å². The van der Waals surface area contributed by atoms with E-state index in [-0.39, 0.29) is 0 Å². The van der Waals surface area contributed by atoms with Crippen molar-refractivity contribution in [3.8, 4) is 0 Å². The molecule has 4 rings (SSSR count). The molecule has 2 fully saturated rings. The Morgan fingerprint density at radius 3 is 2.84 bits per heavy atom. The van der Waals surface area contributed by atoms with Crippen molar-refractivity contribution in [2.45, 2.75) is 65.2 Å². The normalized spacial score (nSPS) is 52.1. The van der Waals surface area contributed by atoms with Gasteiger partial charge < -0.3 is 0 Å². The predicted molar refractivity (Wildman–Crippen MR) is 80.8 cm³/mol. The van der Waals surface area contributed by atoms with Crippen LogP contribution in [-0.2, 0) is 0 Å². The molecule has 4 aliphatic carbocycles. The molecule has 5 atom stereocenters. The van der Waals surface area contributed by atoms with Crippen LogP contribution in [0.5, 0.6) is 0 Å². The van der Waals surface area contributed by atoms with Gasteiger partial charge in [0, 0.05) is 0 Å². The summed E-state index contributed by atoms with van der Waals surface area (Å²) < 4.78 is 0. The van der Waals surface area contributed by atoms with Gasteiger partial charge in [-0.05, 0) is 73.5 Å². The summed E-state index contributed by atoms with van der Waals surface area (Å²) in [4.78, 5) is 0. The summed E-state index contributed by atoms with van der Waals surface area (Å²) in [7, 11) is 0. The van der Waals surface area contributed by atoms with Crippen molar-refractivity contribution in [2.75, 3.05) is 0 Å².